The lowest BCUT2D eigenvalue weighted by atomic mass is 9.80. The van der Waals surface area contributed by atoms with Gasteiger partial charge in [-0.3, -0.25) is 14.3 Å². The molecule has 3 aromatic carbocycles. The zero-order chi connectivity index (χ0) is 44.5. The zero-order valence-corrected chi connectivity index (χ0v) is 37.9. The highest BCUT2D eigenvalue weighted by atomic mass is 31.2. The number of amidine groups is 1. The molecular weight excluding hydrogens is 824 g/mol. The first kappa shape index (κ1) is 45.8. The maximum Gasteiger partial charge on any atom is 0.280 e. The molecule has 2 aromatic heterocycles. The van der Waals surface area contributed by atoms with Crippen LogP contribution in [0.15, 0.2) is 95.0 Å². The van der Waals surface area contributed by atoms with Crippen LogP contribution in [0.4, 0.5) is 5.95 Å². The van der Waals surface area contributed by atoms with Crippen LogP contribution < -0.4 is 15.0 Å². The minimum absolute atomic E-state index is 0.0633. The Kier molecular flexibility index (Phi) is 15.2. The lowest BCUT2D eigenvalue weighted by Gasteiger charge is -2.39. The van der Waals surface area contributed by atoms with E-state index in [2.05, 4.69) is 53.3 Å². The summed E-state index contributed by atoms with van der Waals surface area (Å²) < 4.78 is 48.5. The summed E-state index contributed by atoms with van der Waals surface area (Å²) in [5.74, 6) is 2.30. The number of methoxy groups -OCH3 is 2. The summed E-state index contributed by atoms with van der Waals surface area (Å²) in [6.07, 6.45) is 0.209. The summed E-state index contributed by atoms with van der Waals surface area (Å²) in [5.41, 5.74) is 1.56. The molecule has 2 unspecified atom stereocenters. The van der Waals surface area contributed by atoms with E-state index in [1.54, 1.807) is 25.1 Å². The molecule has 63 heavy (non-hydrogen) atoms. The molecule has 2 aliphatic rings. The molecule has 0 bridgehead atoms. The third kappa shape index (κ3) is 10.3. The highest BCUT2D eigenvalue weighted by Crippen LogP contribution is 2.51. The van der Waals surface area contributed by atoms with Crippen LogP contribution >= 0.6 is 8.53 Å². The number of H-pyrrole nitrogens is 1. The molecule has 16 nitrogen and oxygen atoms in total. The largest absolute Gasteiger partial charge is 0.497 e. The molecule has 0 amide bonds. The second-order valence-corrected chi connectivity index (χ2v) is 17.2. The van der Waals surface area contributed by atoms with E-state index in [9.17, 15) is 10.1 Å². The third-order valence-corrected chi connectivity index (χ3v) is 13.3. The standard InChI is InChI=1S/C46H57N8O8P/c1-31(2)54(32(3)4)63(60-25-11-22-47)62-39-28-41(53-30-48-42-43(53)50-45(51-44(42)55)49-33(5)52-23-26-58-27-24-52)61-40(39)29-59-46(34-12-9-8-10-13-34,35-14-18-37(56-6)19-15-35)36-16-20-38(57-7)21-17-36/h8-10,12-21,30-32,39-41H,11,23-29H2,1-7H3,(H,50,51,55)/t39?,40-,41-,63?/m1/s1. The van der Waals surface area contributed by atoms with Gasteiger partial charge in [-0.2, -0.15) is 10.2 Å². The molecule has 0 spiro atoms. The average molecular weight is 881 g/mol. The molecule has 2 saturated heterocycles. The SMILES string of the molecule is COc1ccc(C(OC[C@H]2O[C@@H](n3cnc4c(=O)[nH]c(N=C(C)N5CCOCC5)nc43)CC2OP(OCCC#N)N(C(C)C)C(C)C)(c2ccccc2)c2ccc(OC)cc2)cc1. The van der Waals surface area contributed by atoms with Crippen LogP contribution in [0.5, 0.6) is 11.5 Å². The molecule has 0 aliphatic carbocycles. The zero-order valence-electron chi connectivity index (χ0n) is 37.0. The monoisotopic (exact) mass is 880 g/mol. The minimum atomic E-state index is -1.68. The van der Waals surface area contributed by atoms with Crippen molar-refractivity contribution in [3.05, 3.63) is 112 Å². The molecule has 17 heteroatoms. The van der Waals surface area contributed by atoms with E-state index < -0.39 is 38.1 Å². The number of morpholine rings is 1. The fourth-order valence-corrected chi connectivity index (χ4v) is 9.87. The van der Waals surface area contributed by atoms with Crippen molar-refractivity contribution in [2.45, 2.75) is 83.6 Å². The number of imidazole rings is 1. The van der Waals surface area contributed by atoms with E-state index in [0.29, 0.717) is 49.9 Å². The van der Waals surface area contributed by atoms with Gasteiger partial charge in [-0.05, 0) is 75.6 Å². The molecule has 0 saturated carbocycles. The Morgan fingerprint density at radius 3 is 2.17 bits per heavy atom. The molecule has 4 heterocycles. The number of aromatic amines is 1. The second-order valence-electron chi connectivity index (χ2n) is 15.8. The second kappa shape index (κ2) is 21.0. The Morgan fingerprint density at radius 1 is 0.968 bits per heavy atom. The number of aromatic nitrogens is 4. The number of ether oxygens (including phenoxy) is 5. The molecule has 0 radical (unpaired) electrons. The van der Waals surface area contributed by atoms with E-state index in [4.69, 9.17) is 42.7 Å². The highest BCUT2D eigenvalue weighted by molar-refractivity contribution is 7.44. The van der Waals surface area contributed by atoms with Gasteiger partial charge in [0.25, 0.3) is 14.1 Å². The van der Waals surface area contributed by atoms with Crippen LogP contribution in [0.25, 0.3) is 11.2 Å². The van der Waals surface area contributed by atoms with Crippen LogP contribution in [-0.2, 0) is 28.9 Å². The van der Waals surface area contributed by atoms with E-state index in [1.165, 1.54) is 0 Å². The van der Waals surface area contributed by atoms with Crippen molar-refractivity contribution >= 4 is 31.5 Å². The minimum Gasteiger partial charge on any atom is -0.497 e. The Balaban J connectivity index is 1.30. The fourth-order valence-electron chi connectivity index (χ4n) is 8.11. The van der Waals surface area contributed by atoms with Crippen molar-refractivity contribution in [2.75, 3.05) is 53.7 Å². The number of hydrogen-bond acceptors (Lipinski definition) is 13. The van der Waals surface area contributed by atoms with Gasteiger partial charge in [0.05, 0.1) is 65.6 Å². The number of rotatable bonds is 18. The molecule has 2 fully saturated rings. The number of aliphatic imine (C=N–C) groups is 1. The summed E-state index contributed by atoms with van der Waals surface area (Å²) in [7, 11) is 1.60. The topological polar surface area (TPSA) is 171 Å². The van der Waals surface area contributed by atoms with Crippen molar-refractivity contribution in [1.82, 2.24) is 29.1 Å². The number of fused-ring (bicyclic) bond motifs is 1. The van der Waals surface area contributed by atoms with Gasteiger partial charge < -0.3 is 37.6 Å². The first-order valence-electron chi connectivity index (χ1n) is 21.3. The number of nitriles is 1. The quantitative estimate of drug-likeness (QED) is 0.0303. The lowest BCUT2D eigenvalue weighted by Crippen LogP contribution is -2.39. The van der Waals surface area contributed by atoms with Crippen molar-refractivity contribution in [2.24, 2.45) is 4.99 Å². The van der Waals surface area contributed by atoms with Crippen LogP contribution in [0, 0.1) is 11.3 Å². The third-order valence-electron chi connectivity index (χ3n) is 11.2. The number of hydrogen-bond donors (Lipinski definition) is 1. The lowest BCUT2D eigenvalue weighted by molar-refractivity contribution is -0.0912. The molecular formula is C46H57N8O8P. The number of nitrogens with one attached hydrogen (secondary N) is 1. The molecule has 1 N–H and O–H groups in total. The Labute approximate surface area is 369 Å². The summed E-state index contributed by atoms with van der Waals surface area (Å²) in [4.78, 5) is 32.4. The van der Waals surface area contributed by atoms with Crippen LogP contribution in [0.2, 0.25) is 0 Å². The van der Waals surface area contributed by atoms with E-state index in [-0.39, 0.29) is 43.2 Å². The van der Waals surface area contributed by atoms with Crippen molar-refractivity contribution in [3.8, 4) is 17.6 Å². The average Bonchev–Trinajstić information content (AvgIpc) is 3.91. The predicted molar refractivity (Wildman–Crippen MR) is 240 cm³/mol. The summed E-state index contributed by atoms with van der Waals surface area (Å²) in [6, 6.07) is 28.1. The summed E-state index contributed by atoms with van der Waals surface area (Å²) in [5, 5.41) is 9.45. The highest BCUT2D eigenvalue weighted by Gasteiger charge is 2.45. The van der Waals surface area contributed by atoms with Crippen molar-refractivity contribution in [3.63, 3.8) is 0 Å². The molecule has 5 aromatic rings. The van der Waals surface area contributed by atoms with Gasteiger partial charge in [-0.15, -0.1) is 0 Å². The summed E-state index contributed by atoms with van der Waals surface area (Å²) >= 11 is 0. The maximum atomic E-state index is 13.5. The van der Waals surface area contributed by atoms with Gasteiger partial charge in [-0.25, -0.2) is 14.6 Å². The van der Waals surface area contributed by atoms with Gasteiger partial charge >= 0.3 is 0 Å². The smallest absolute Gasteiger partial charge is 0.280 e. The Hall–Kier alpha value is -5.24. The molecule has 4 atom stereocenters. The Bertz CT molecular complexity index is 2320. The van der Waals surface area contributed by atoms with Gasteiger partial charge in [-0.1, -0.05) is 54.6 Å². The normalized spacial score (nSPS) is 19.0. The van der Waals surface area contributed by atoms with Gasteiger partial charge in [0.15, 0.2) is 11.2 Å². The van der Waals surface area contributed by atoms with Crippen LogP contribution in [0.3, 0.4) is 0 Å². The number of benzene rings is 3. The number of nitrogens with zero attached hydrogens (tertiary/aromatic N) is 7. The fraction of sp³-hybridized carbons (Fsp3) is 0.457. The van der Waals surface area contributed by atoms with Gasteiger partial charge in [0.2, 0.25) is 5.95 Å². The van der Waals surface area contributed by atoms with E-state index in [0.717, 1.165) is 22.5 Å². The van der Waals surface area contributed by atoms with E-state index >= 15 is 0 Å². The van der Waals surface area contributed by atoms with Crippen molar-refractivity contribution in [1.29, 1.82) is 5.26 Å². The van der Waals surface area contributed by atoms with Crippen LogP contribution in [-0.4, -0.2) is 113 Å². The maximum absolute atomic E-state index is 13.5. The van der Waals surface area contributed by atoms with Crippen molar-refractivity contribution < 1.29 is 32.7 Å². The first-order chi connectivity index (χ1) is 30.6. The molecule has 334 valence electrons. The molecule has 7 rings (SSSR count). The first-order valence-corrected chi connectivity index (χ1v) is 22.4. The molecule has 2 aliphatic heterocycles. The summed E-state index contributed by atoms with van der Waals surface area (Å²) in [6.45, 7) is 13.1. The van der Waals surface area contributed by atoms with Gasteiger partial charge in [0.1, 0.15) is 35.3 Å². The van der Waals surface area contributed by atoms with Crippen LogP contribution in [0.1, 0.15) is 70.4 Å². The van der Waals surface area contributed by atoms with Gasteiger partial charge in [0, 0.05) is 31.6 Å². The Morgan fingerprint density at radius 2 is 1.59 bits per heavy atom. The predicted octanol–water partition coefficient (Wildman–Crippen LogP) is 7.48. The van der Waals surface area contributed by atoms with E-state index in [1.807, 2.05) is 85.8 Å².